The van der Waals surface area contributed by atoms with Gasteiger partial charge < -0.3 is 8.83 Å². The van der Waals surface area contributed by atoms with Crippen LogP contribution >= 0.6 is 0 Å². The van der Waals surface area contributed by atoms with Gasteiger partial charge in [0.15, 0.2) is 0 Å². The Kier molecular flexibility index (Phi) is 6.66. The third-order valence-electron chi connectivity index (χ3n) is 11.6. The third kappa shape index (κ3) is 5.04. The third-order valence-corrected chi connectivity index (χ3v) is 11.6. The van der Waals surface area contributed by atoms with Gasteiger partial charge in [-0.25, -0.2) is 0 Å². The Labute approximate surface area is 322 Å². The Morgan fingerprint density at radius 1 is 0.196 bits per heavy atom. The van der Waals surface area contributed by atoms with Gasteiger partial charge in [0.25, 0.3) is 0 Å². The van der Waals surface area contributed by atoms with Crippen molar-refractivity contribution in [2.45, 2.75) is 0 Å². The van der Waals surface area contributed by atoms with Gasteiger partial charge in [-0.3, -0.25) is 0 Å². The van der Waals surface area contributed by atoms with Crippen LogP contribution in [0.25, 0.3) is 121 Å². The Morgan fingerprint density at radius 3 is 0.786 bits per heavy atom. The van der Waals surface area contributed by atoms with Crippen molar-refractivity contribution < 1.29 is 8.83 Å². The molecule has 2 aromatic heterocycles. The highest BCUT2D eigenvalue weighted by atomic mass is 16.3. The second-order valence-electron chi connectivity index (χ2n) is 14.9. The van der Waals surface area contributed by atoms with E-state index < -0.39 is 0 Å². The maximum atomic E-state index is 6.33. The van der Waals surface area contributed by atoms with Gasteiger partial charge in [0.05, 0.1) is 0 Å². The van der Waals surface area contributed by atoms with Crippen LogP contribution in [0.4, 0.5) is 0 Å². The van der Waals surface area contributed by atoms with Crippen LogP contribution in [0.3, 0.4) is 0 Å². The van der Waals surface area contributed by atoms with Crippen LogP contribution < -0.4 is 0 Å². The second kappa shape index (κ2) is 12.0. The van der Waals surface area contributed by atoms with E-state index in [4.69, 9.17) is 8.83 Å². The summed E-state index contributed by atoms with van der Waals surface area (Å²) in [7, 11) is 0. The molecule has 10 aromatic carbocycles. The van der Waals surface area contributed by atoms with E-state index in [1.54, 1.807) is 0 Å². The molecule has 0 radical (unpaired) electrons. The average Bonchev–Trinajstić information content (AvgIpc) is 3.82. The van der Waals surface area contributed by atoms with Crippen LogP contribution in [-0.2, 0) is 0 Å². The van der Waals surface area contributed by atoms with E-state index in [0.29, 0.717) is 0 Å². The topological polar surface area (TPSA) is 26.3 Å². The van der Waals surface area contributed by atoms with E-state index in [2.05, 4.69) is 194 Å². The second-order valence-corrected chi connectivity index (χ2v) is 14.9. The van der Waals surface area contributed by atoms with Crippen molar-refractivity contribution in [2.24, 2.45) is 0 Å². The number of rotatable bonds is 4. The van der Waals surface area contributed by atoms with Gasteiger partial charge in [-0.15, -0.1) is 0 Å². The van der Waals surface area contributed by atoms with Crippen molar-refractivity contribution in [3.8, 4) is 44.5 Å². The summed E-state index contributed by atoms with van der Waals surface area (Å²) in [6.45, 7) is 0. The molecule has 56 heavy (non-hydrogen) atoms. The van der Waals surface area contributed by atoms with Crippen LogP contribution in [-0.4, -0.2) is 0 Å². The fourth-order valence-corrected chi connectivity index (χ4v) is 8.62. The molecule has 2 nitrogen and oxygen atoms in total. The molecule has 0 saturated heterocycles. The zero-order valence-electron chi connectivity index (χ0n) is 30.3. The molecule has 0 spiro atoms. The molecule has 0 aliphatic heterocycles. The van der Waals surface area contributed by atoms with Crippen molar-refractivity contribution in [1.29, 1.82) is 0 Å². The van der Waals surface area contributed by atoms with E-state index >= 15 is 0 Å². The minimum atomic E-state index is 0.897. The predicted octanol–water partition coefficient (Wildman–Crippen LogP) is 15.6. The molecule has 12 aromatic rings. The zero-order chi connectivity index (χ0) is 36.7. The SMILES string of the molecule is c1ccc2cc(-c3ccc4oc5ccc(-c6ccc7ccc(-c8ccc9oc%10ccc(-c%11ccc%12ccccc%12c%11)cc%10c9c8)cc7c6)cc5c4c3)ccc2c1. The first-order chi connectivity index (χ1) is 27.7. The molecular weight excluding hydrogens is 681 g/mol. The fourth-order valence-electron chi connectivity index (χ4n) is 8.62. The number of fused-ring (bicyclic) bond motifs is 9. The maximum Gasteiger partial charge on any atom is 0.135 e. The quantitative estimate of drug-likeness (QED) is 0.182. The molecule has 0 unspecified atom stereocenters. The highest BCUT2D eigenvalue weighted by molar-refractivity contribution is 6.09. The van der Waals surface area contributed by atoms with Crippen LogP contribution in [0.5, 0.6) is 0 Å². The molecule has 0 saturated carbocycles. The number of furan rings is 2. The van der Waals surface area contributed by atoms with Crippen LogP contribution in [0.15, 0.2) is 203 Å². The highest BCUT2D eigenvalue weighted by Gasteiger charge is 2.14. The lowest BCUT2D eigenvalue weighted by Crippen LogP contribution is -1.83. The van der Waals surface area contributed by atoms with Gasteiger partial charge in [-0.2, -0.15) is 0 Å². The van der Waals surface area contributed by atoms with Gasteiger partial charge >= 0.3 is 0 Å². The van der Waals surface area contributed by atoms with Crippen molar-refractivity contribution in [3.05, 3.63) is 194 Å². The summed E-state index contributed by atoms with van der Waals surface area (Å²) < 4.78 is 12.7. The smallest absolute Gasteiger partial charge is 0.135 e. The minimum absolute atomic E-state index is 0.897. The maximum absolute atomic E-state index is 6.33. The first-order valence-electron chi connectivity index (χ1n) is 19.1. The molecule has 2 heterocycles. The van der Waals surface area contributed by atoms with Gasteiger partial charge in [0.2, 0.25) is 0 Å². The lowest BCUT2D eigenvalue weighted by atomic mass is 9.95. The molecular formula is C54H32O2. The lowest BCUT2D eigenvalue weighted by molar-refractivity contribution is 0.668. The highest BCUT2D eigenvalue weighted by Crippen LogP contribution is 2.39. The molecule has 0 fully saturated rings. The molecule has 0 aliphatic carbocycles. The summed E-state index contributed by atoms with van der Waals surface area (Å²) in [5.41, 5.74) is 13.0. The largest absolute Gasteiger partial charge is 0.456 e. The van der Waals surface area contributed by atoms with Crippen LogP contribution in [0, 0.1) is 0 Å². The van der Waals surface area contributed by atoms with Gasteiger partial charge in [-0.1, -0.05) is 121 Å². The first kappa shape index (κ1) is 31.0. The Balaban J connectivity index is 0.910. The summed E-state index contributed by atoms with van der Waals surface area (Å²) in [6.07, 6.45) is 0. The van der Waals surface area contributed by atoms with Crippen molar-refractivity contribution in [1.82, 2.24) is 0 Å². The Bertz CT molecular complexity index is 3310. The van der Waals surface area contributed by atoms with Crippen LogP contribution in [0.2, 0.25) is 0 Å². The Morgan fingerprint density at radius 2 is 0.446 bits per heavy atom. The lowest BCUT2D eigenvalue weighted by Gasteiger charge is -2.08. The summed E-state index contributed by atoms with van der Waals surface area (Å²) in [5.74, 6) is 0. The van der Waals surface area contributed by atoms with E-state index in [0.717, 1.165) is 55.0 Å². The van der Waals surface area contributed by atoms with Gasteiger partial charge in [-0.05, 0) is 150 Å². The summed E-state index contributed by atoms with van der Waals surface area (Å²) in [4.78, 5) is 0. The molecule has 2 heteroatoms. The van der Waals surface area contributed by atoms with Gasteiger partial charge in [0, 0.05) is 21.5 Å². The molecule has 12 rings (SSSR count). The van der Waals surface area contributed by atoms with Crippen molar-refractivity contribution in [3.63, 3.8) is 0 Å². The standard InChI is InChI=1S/C54H32O2/c1-3-7-36-25-38(13-9-33(36)5-1)42-17-21-51-47(29-42)49-31-44(19-23-53(49)55-51)40-15-11-35-12-16-41(28-46(35)27-40)45-20-24-54-50(32-45)48-30-43(18-22-52(48)56-54)39-14-10-34-6-2-4-8-37(34)26-39/h1-32H. The van der Waals surface area contributed by atoms with E-state index in [1.807, 2.05) is 0 Å². The van der Waals surface area contributed by atoms with Crippen LogP contribution in [0.1, 0.15) is 0 Å². The summed E-state index contributed by atoms with van der Waals surface area (Å²) >= 11 is 0. The predicted molar refractivity (Wildman–Crippen MR) is 235 cm³/mol. The molecule has 0 bridgehead atoms. The molecule has 0 amide bonds. The zero-order valence-corrected chi connectivity index (χ0v) is 30.3. The summed E-state index contributed by atoms with van der Waals surface area (Å²) in [5, 5.41) is 11.9. The number of hydrogen-bond acceptors (Lipinski definition) is 2. The number of benzene rings is 10. The van der Waals surface area contributed by atoms with E-state index in [9.17, 15) is 0 Å². The minimum Gasteiger partial charge on any atom is -0.456 e. The monoisotopic (exact) mass is 712 g/mol. The van der Waals surface area contributed by atoms with Crippen molar-refractivity contribution in [2.75, 3.05) is 0 Å². The molecule has 0 atom stereocenters. The van der Waals surface area contributed by atoms with E-state index in [-0.39, 0.29) is 0 Å². The Hall–Kier alpha value is -7.42. The molecule has 0 N–H and O–H groups in total. The normalized spacial score (nSPS) is 11.9. The van der Waals surface area contributed by atoms with E-state index in [1.165, 1.54) is 65.7 Å². The fraction of sp³-hybridized carbons (Fsp3) is 0. The number of hydrogen-bond donors (Lipinski definition) is 0. The van der Waals surface area contributed by atoms with Gasteiger partial charge in [0.1, 0.15) is 22.3 Å². The molecule has 260 valence electrons. The summed E-state index contributed by atoms with van der Waals surface area (Å²) in [6, 6.07) is 70.1. The van der Waals surface area contributed by atoms with Crippen molar-refractivity contribution >= 4 is 76.2 Å². The molecule has 0 aliphatic rings. The average molecular weight is 713 g/mol. The first-order valence-corrected chi connectivity index (χ1v) is 19.1.